The van der Waals surface area contributed by atoms with Crippen molar-refractivity contribution in [2.75, 3.05) is 7.11 Å². The average Bonchev–Trinajstić information content (AvgIpc) is 2.53. The molecule has 0 aliphatic carbocycles. The summed E-state index contributed by atoms with van der Waals surface area (Å²) in [6.45, 7) is 0. The average molecular weight is 301 g/mol. The number of rotatable bonds is 4. The first-order chi connectivity index (χ1) is 10.5. The number of nitro benzene ring substituents is 1. The van der Waals surface area contributed by atoms with E-state index < -0.39 is 10.9 Å². The summed E-state index contributed by atoms with van der Waals surface area (Å²) in [6.07, 6.45) is 0. The lowest BCUT2D eigenvalue weighted by Crippen LogP contribution is -2.00. The van der Waals surface area contributed by atoms with Crippen molar-refractivity contribution in [3.8, 4) is 5.75 Å². The van der Waals surface area contributed by atoms with Gasteiger partial charge in [0.15, 0.2) is 0 Å². The Morgan fingerprint density at radius 1 is 1.18 bits per heavy atom. The normalized spacial score (nSPS) is 10.6. The van der Waals surface area contributed by atoms with Gasteiger partial charge in [-0.2, -0.15) is 10.2 Å². The van der Waals surface area contributed by atoms with Crippen LogP contribution in [0.15, 0.2) is 52.7 Å². The van der Waals surface area contributed by atoms with Crippen molar-refractivity contribution < 1.29 is 19.6 Å². The van der Waals surface area contributed by atoms with E-state index in [9.17, 15) is 20.0 Å². The zero-order valence-corrected chi connectivity index (χ0v) is 11.5. The van der Waals surface area contributed by atoms with Crippen LogP contribution in [0.4, 0.5) is 17.1 Å². The first-order valence-corrected chi connectivity index (χ1v) is 6.09. The fraction of sp³-hybridized carbons (Fsp3) is 0.0714. The Bertz CT molecular complexity index is 758. The van der Waals surface area contributed by atoms with Gasteiger partial charge in [0.2, 0.25) is 0 Å². The third-order valence-electron chi connectivity index (χ3n) is 2.71. The number of phenols is 1. The number of non-ortho nitro benzene ring substituents is 1. The molecule has 2 rings (SSSR count). The third-order valence-corrected chi connectivity index (χ3v) is 2.71. The van der Waals surface area contributed by atoms with Gasteiger partial charge < -0.3 is 9.84 Å². The number of nitro groups is 1. The van der Waals surface area contributed by atoms with E-state index in [0.29, 0.717) is 11.4 Å². The Morgan fingerprint density at radius 2 is 1.86 bits per heavy atom. The molecule has 0 heterocycles. The quantitative estimate of drug-likeness (QED) is 0.401. The van der Waals surface area contributed by atoms with Crippen LogP contribution in [0.2, 0.25) is 0 Å². The van der Waals surface area contributed by atoms with E-state index in [1.807, 2.05) is 0 Å². The van der Waals surface area contributed by atoms with Crippen LogP contribution < -0.4 is 0 Å². The lowest BCUT2D eigenvalue weighted by Gasteiger charge is -2.02. The SMILES string of the molecule is COC(=O)c1cc(N=Nc2cccc([N+](=O)[O-])c2)ccc1O. The van der Waals surface area contributed by atoms with Gasteiger partial charge in [-0.25, -0.2) is 4.79 Å². The predicted octanol–water partition coefficient (Wildman–Crippen LogP) is 3.50. The van der Waals surface area contributed by atoms with Gasteiger partial charge in [0.25, 0.3) is 5.69 Å². The van der Waals surface area contributed by atoms with Crippen molar-refractivity contribution in [2.24, 2.45) is 10.2 Å². The molecular formula is C14H11N3O5. The van der Waals surface area contributed by atoms with Crippen LogP contribution in [0.5, 0.6) is 5.75 Å². The molecule has 0 aliphatic heterocycles. The number of azo groups is 1. The number of esters is 1. The number of phenolic OH excluding ortho intramolecular Hbond substituents is 1. The molecule has 8 nitrogen and oxygen atoms in total. The van der Waals surface area contributed by atoms with Crippen LogP contribution in [0.3, 0.4) is 0 Å². The van der Waals surface area contributed by atoms with Crippen LogP contribution in [0, 0.1) is 10.1 Å². The molecule has 0 spiro atoms. The highest BCUT2D eigenvalue weighted by molar-refractivity contribution is 5.93. The molecule has 0 saturated carbocycles. The number of ether oxygens (including phenoxy) is 1. The molecule has 0 amide bonds. The molecule has 112 valence electrons. The lowest BCUT2D eigenvalue weighted by molar-refractivity contribution is -0.384. The van der Waals surface area contributed by atoms with E-state index in [2.05, 4.69) is 15.0 Å². The maximum absolute atomic E-state index is 11.5. The first kappa shape index (κ1) is 15.1. The molecule has 0 aliphatic rings. The summed E-state index contributed by atoms with van der Waals surface area (Å²) in [5, 5.41) is 28.0. The number of methoxy groups -OCH3 is 1. The minimum absolute atomic E-state index is 0.0435. The summed E-state index contributed by atoms with van der Waals surface area (Å²) >= 11 is 0. The molecule has 0 radical (unpaired) electrons. The molecule has 0 atom stereocenters. The summed E-state index contributed by atoms with van der Waals surface area (Å²) in [5.41, 5.74) is 0.446. The Kier molecular flexibility index (Phi) is 4.42. The number of carbonyl (C=O) groups is 1. The van der Waals surface area contributed by atoms with Crippen LogP contribution in [-0.4, -0.2) is 23.1 Å². The molecule has 22 heavy (non-hydrogen) atoms. The molecule has 0 saturated heterocycles. The number of carbonyl (C=O) groups excluding carboxylic acids is 1. The minimum atomic E-state index is -0.704. The Hall–Kier alpha value is -3.29. The third kappa shape index (κ3) is 3.42. The number of aromatic hydroxyl groups is 1. The highest BCUT2D eigenvalue weighted by Gasteiger charge is 2.12. The highest BCUT2D eigenvalue weighted by Crippen LogP contribution is 2.26. The second kappa shape index (κ2) is 6.44. The van der Waals surface area contributed by atoms with Gasteiger partial charge in [0, 0.05) is 12.1 Å². The van der Waals surface area contributed by atoms with Crippen molar-refractivity contribution in [2.45, 2.75) is 0 Å². The topological polar surface area (TPSA) is 114 Å². The summed E-state index contributed by atoms with van der Waals surface area (Å²) < 4.78 is 4.53. The number of nitrogens with zero attached hydrogens (tertiary/aromatic N) is 3. The van der Waals surface area contributed by atoms with E-state index in [-0.39, 0.29) is 17.0 Å². The molecule has 2 aromatic rings. The van der Waals surface area contributed by atoms with E-state index in [0.717, 1.165) is 0 Å². The fourth-order valence-electron chi connectivity index (χ4n) is 1.64. The summed E-state index contributed by atoms with van der Waals surface area (Å²) in [7, 11) is 1.19. The van der Waals surface area contributed by atoms with Crippen molar-refractivity contribution in [3.05, 3.63) is 58.1 Å². The van der Waals surface area contributed by atoms with Crippen molar-refractivity contribution >= 4 is 23.0 Å². The smallest absolute Gasteiger partial charge is 0.341 e. The fourth-order valence-corrected chi connectivity index (χ4v) is 1.64. The summed E-state index contributed by atoms with van der Waals surface area (Å²) in [6, 6.07) is 9.69. The standard InChI is InChI=1S/C14H11N3O5/c1-22-14(19)12-8-10(5-6-13(12)18)16-15-9-3-2-4-11(7-9)17(20)21/h2-8,18H,1H3. The first-order valence-electron chi connectivity index (χ1n) is 6.09. The van der Waals surface area contributed by atoms with Gasteiger partial charge >= 0.3 is 5.97 Å². The molecule has 0 fully saturated rings. The molecule has 0 bridgehead atoms. The second-order valence-corrected chi connectivity index (χ2v) is 4.17. The zero-order chi connectivity index (χ0) is 16.1. The van der Waals surface area contributed by atoms with Gasteiger partial charge in [-0.05, 0) is 24.3 Å². The van der Waals surface area contributed by atoms with Gasteiger partial charge in [0.05, 0.1) is 23.4 Å². The molecule has 1 N–H and O–H groups in total. The monoisotopic (exact) mass is 301 g/mol. The van der Waals surface area contributed by atoms with Gasteiger partial charge in [-0.1, -0.05) is 6.07 Å². The van der Waals surface area contributed by atoms with Crippen LogP contribution in [0.25, 0.3) is 0 Å². The van der Waals surface area contributed by atoms with Crippen LogP contribution >= 0.6 is 0 Å². The highest BCUT2D eigenvalue weighted by atomic mass is 16.6. The Labute approximate surface area is 124 Å². The summed E-state index contributed by atoms with van der Waals surface area (Å²) in [5.74, 6) is -0.939. The molecule has 0 aromatic heterocycles. The Balaban J connectivity index is 2.29. The van der Waals surface area contributed by atoms with Crippen molar-refractivity contribution in [1.29, 1.82) is 0 Å². The lowest BCUT2D eigenvalue weighted by atomic mass is 10.2. The maximum Gasteiger partial charge on any atom is 0.341 e. The minimum Gasteiger partial charge on any atom is -0.507 e. The molecule has 0 unspecified atom stereocenters. The second-order valence-electron chi connectivity index (χ2n) is 4.17. The summed E-state index contributed by atoms with van der Waals surface area (Å²) in [4.78, 5) is 21.6. The van der Waals surface area contributed by atoms with E-state index in [1.54, 1.807) is 6.07 Å². The van der Waals surface area contributed by atoms with Gasteiger partial charge in [-0.15, -0.1) is 0 Å². The van der Waals surface area contributed by atoms with E-state index >= 15 is 0 Å². The molecule has 8 heteroatoms. The molecular weight excluding hydrogens is 290 g/mol. The Morgan fingerprint density at radius 3 is 2.50 bits per heavy atom. The van der Waals surface area contributed by atoms with E-state index in [4.69, 9.17) is 0 Å². The van der Waals surface area contributed by atoms with Crippen molar-refractivity contribution in [3.63, 3.8) is 0 Å². The largest absolute Gasteiger partial charge is 0.507 e. The van der Waals surface area contributed by atoms with Crippen molar-refractivity contribution in [1.82, 2.24) is 0 Å². The zero-order valence-electron chi connectivity index (χ0n) is 11.5. The number of benzene rings is 2. The van der Waals surface area contributed by atoms with Gasteiger partial charge in [-0.3, -0.25) is 10.1 Å². The maximum atomic E-state index is 11.5. The van der Waals surface area contributed by atoms with Crippen LogP contribution in [-0.2, 0) is 4.74 Å². The van der Waals surface area contributed by atoms with E-state index in [1.165, 1.54) is 43.5 Å². The van der Waals surface area contributed by atoms with Gasteiger partial charge in [0.1, 0.15) is 11.3 Å². The predicted molar refractivity (Wildman–Crippen MR) is 76.7 cm³/mol. The molecule has 2 aromatic carbocycles. The number of hydrogen-bond donors (Lipinski definition) is 1. The van der Waals surface area contributed by atoms with Crippen LogP contribution in [0.1, 0.15) is 10.4 Å². The number of hydrogen-bond acceptors (Lipinski definition) is 7.